The first-order valence-electron chi connectivity index (χ1n) is 8.14. The van der Waals surface area contributed by atoms with Crippen molar-refractivity contribution in [1.29, 1.82) is 0 Å². The zero-order valence-corrected chi connectivity index (χ0v) is 15.1. The Bertz CT molecular complexity index is 975. The number of hydrogen-bond acceptors (Lipinski definition) is 4. The van der Waals surface area contributed by atoms with Gasteiger partial charge in [-0.1, -0.05) is 18.2 Å². The highest BCUT2D eigenvalue weighted by molar-refractivity contribution is 7.10. The van der Waals surface area contributed by atoms with Gasteiger partial charge in [0.2, 0.25) is 0 Å². The molecule has 0 spiro atoms. The summed E-state index contributed by atoms with van der Waals surface area (Å²) in [4.78, 5) is 25.0. The van der Waals surface area contributed by atoms with E-state index in [1.807, 2.05) is 5.38 Å². The first kappa shape index (κ1) is 19.6. The van der Waals surface area contributed by atoms with Crippen molar-refractivity contribution in [3.63, 3.8) is 0 Å². The minimum atomic E-state index is -1.08. The Labute approximate surface area is 162 Å². The van der Waals surface area contributed by atoms with Gasteiger partial charge in [-0.3, -0.25) is 4.79 Å². The highest BCUT2D eigenvalue weighted by Gasteiger charge is 2.20. The summed E-state index contributed by atoms with van der Waals surface area (Å²) < 4.78 is 44.5. The summed E-state index contributed by atoms with van der Waals surface area (Å²) in [5.74, 6) is -4.02. The van der Waals surface area contributed by atoms with Gasteiger partial charge in [-0.05, 0) is 41.3 Å². The number of carbonyl (C=O) groups excluding carboxylic acids is 2. The molecule has 144 valence electrons. The maximum Gasteiger partial charge on any atom is 0.341 e. The van der Waals surface area contributed by atoms with Crippen molar-refractivity contribution in [3.8, 4) is 0 Å². The van der Waals surface area contributed by atoms with Crippen molar-refractivity contribution in [1.82, 2.24) is 5.32 Å². The Balaban J connectivity index is 1.67. The Hall–Kier alpha value is -3.13. The van der Waals surface area contributed by atoms with E-state index in [4.69, 9.17) is 4.74 Å². The van der Waals surface area contributed by atoms with Gasteiger partial charge >= 0.3 is 5.97 Å². The Morgan fingerprint density at radius 3 is 2.36 bits per heavy atom. The number of rotatable bonds is 6. The van der Waals surface area contributed by atoms with Crippen LogP contribution in [-0.2, 0) is 9.53 Å². The molecule has 1 amide bonds. The standard InChI is InChI=1S/C20H14F3NO3S/c21-13-5-3-12(4-6-13)19(17-2-1-9-28-17)24-18(25)11-27-20(26)15-8-7-14(22)10-16(15)23/h1-10,19H,11H2,(H,24,25)/t19-/m0/s1. The van der Waals surface area contributed by atoms with Gasteiger partial charge in [0.15, 0.2) is 6.61 Å². The van der Waals surface area contributed by atoms with Crippen LogP contribution in [-0.4, -0.2) is 18.5 Å². The second-order valence-electron chi connectivity index (χ2n) is 5.77. The van der Waals surface area contributed by atoms with Gasteiger partial charge in [0.05, 0.1) is 11.6 Å². The lowest BCUT2D eigenvalue weighted by Gasteiger charge is -2.18. The van der Waals surface area contributed by atoms with Gasteiger partial charge in [0, 0.05) is 10.9 Å². The van der Waals surface area contributed by atoms with E-state index in [-0.39, 0.29) is 0 Å². The number of esters is 1. The normalized spacial score (nSPS) is 11.7. The lowest BCUT2D eigenvalue weighted by molar-refractivity contribution is -0.124. The molecule has 0 aliphatic carbocycles. The average Bonchev–Trinajstić information content (AvgIpc) is 3.19. The summed E-state index contributed by atoms with van der Waals surface area (Å²) in [5.41, 5.74) is 0.177. The monoisotopic (exact) mass is 405 g/mol. The van der Waals surface area contributed by atoms with Crippen LogP contribution in [0.3, 0.4) is 0 Å². The van der Waals surface area contributed by atoms with Crippen LogP contribution < -0.4 is 5.32 Å². The molecule has 0 fully saturated rings. The Morgan fingerprint density at radius 1 is 1.00 bits per heavy atom. The van der Waals surface area contributed by atoms with E-state index in [0.717, 1.165) is 17.0 Å². The predicted molar refractivity (Wildman–Crippen MR) is 97.3 cm³/mol. The SMILES string of the molecule is O=C(COC(=O)c1ccc(F)cc1F)N[C@@H](c1ccc(F)cc1)c1cccs1. The van der Waals surface area contributed by atoms with Crippen LogP contribution in [0.1, 0.15) is 26.8 Å². The Morgan fingerprint density at radius 2 is 1.71 bits per heavy atom. The number of thiophene rings is 1. The zero-order valence-electron chi connectivity index (χ0n) is 14.3. The van der Waals surface area contributed by atoms with E-state index in [0.29, 0.717) is 11.6 Å². The van der Waals surface area contributed by atoms with Gasteiger partial charge < -0.3 is 10.1 Å². The highest BCUT2D eigenvalue weighted by atomic mass is 32.1. The maximum absolute atomic E-state index is 13.6. The molecule has 1 heterocycles. The van der Waals surface area contributed by atoms with Gasteiger partial charge in [-0.2, -0.15) is 0 Å². The molecule has 28 heavy (non-hydrogen) atoms. The van der Waals surface area contributed by atoms with Crippen molar-refractivity contribution in [2.24, 2.45) is 0 Å². The summed E-state index contributed by atoms with van der Waals surface area (Å²) in [5, 5.41) is 4.53. The number of ether oxygens (including phenoxy) is 1. The second-order valence-corrected chi connectivity index (χ2v) is 6.75. The molecule has 0 bridgehead atoms. The number of hydrogen-bond donors (Lipinski definition) is 1. The number of nitrogens with one attached hydrogen (secondary N) is 1. The molecule has 1 aromatic heterocycles. The van der Waals surface area contributed by atoms with Crippen molar-refractivity contribution >= 4 is 23.2 Å². The van der Waals surface area contributed by atoms with E-state index in [9.17, 15) is 22.8 Å². The third-order valence-electron chi connectivity index (χ3n) is 3.82. The number of halogens is 3. The molecular formula is C20H14F3NO3S. The molecule has 0 aliphatic heterocycles. The zero-order chi connectivity index (χ0) is 20.1. The summed E-state index contributed by atoms with van der Waals surface area (Å²) in [6, 6.07) is 11.1. The molecule has 0 saturated carbocycles. The average molecular weight is 405 g/mol. The summed E-state index contributed by atoms with van der Waals surface area (Å²) in [6.07, 6.45) is 0. The van der Waals surface area contributed by atoms with E-state index in [1.165, 1.54) is 23.5 Å². The highest BCUT2D eigenvalue weighted by Crippen LogP contribution is 2.26. The first-order valence-corrected chi connectivity index (χ1v) is 9.02. The Kier molecular flexibility index (Phi) is 6.10. The van der Waals surface area contributed by atoms with E-state index in [2.05, 4.69) is 5.32 Å². The van der Waals surface area contributed by atoms with Gasteiger partial charge in [0.25, 0.3) is 5.91 Å². The van der Waals surface area contributed by atoms with Crippen LogP contribution in [0.25, 0.3) is 0 Å². The molecule has 3 rings (SSSR count). The molecule has 3 aromatic rings. The lowest BCUT2D eigenvalue weighted by atomic mass is 10.1. The first-order chi connectivity index (χ1) is 13.4. The minimum absolute atomic E-state index is 0.407. The molecule has 2 aromatic carbocycles. The quantitative estimate of drug-likeness (QED) is 0.625. The molecule has 0 saturated heterocycles. The molecule has 4 nitrogen and oxygen atoms in total. The van der Waals surface area contributed by atoms with E-state index < -0.39 is 47.5 Å². The van der Waals surface area contributed by atoms with E-state index >= 15 is 0 Å². The second kappa shape index (κ2) is 8.71. The van der Waals surface area contributed by atoms with Crippen LogP contribution in [0.15, 0.2) is 60.0 Å². The predicted octanol–water partition coefficient (Wildman–Crippen LogP) is 4.23. The summed E-state index contributed by atoms with van der Waals surface area (Å²) in [7, 11) is 0. The smallest absolute Gasteiger partial charge is 0.341 e. The van der Waals surface area contributed by atoms with Crippen LogP contribution in [0, 0.1) is 17.5 Å². The van der Waals surface area contributed by atoms with Crippen molar-refractivity contribution in [3.05, 3.63) is 93.4 Å². The fraction of sp³-hybridized carbons (Fsp3) is 0.100. The molecule has 1 N–H and O–H groups in total. The van der Waals surface area contributed by atoms with Crippen LogP contribution in [0.2, 0.25) is 0 Å². The fourth-order valence-electron chi connectivity index (χ4n) is 2.50. The number of carbonyl (C=O) groups is 2. The van der Waals surface area contributed by atoms with Gasteiger partial charge in [-0.15, -0.1) is 11.3 Å². The van der Waals surface area contributed by atoms with Crippen molar-refractivity contribution in [2.45, 2.75) is 6.04 Å². The molecule has 0 aliphatic rings. The molecule has 1 atom stereocenters. The topological polar surface area (TPSA) is 55.4 Å². The van der Waals surface area contributed by atoms with Crippen LogP contribution in [0.5, 0.6) is 0 Å². The van der Waals surface area contributed by atoms with Gasteiger partial charge in [-0.25, -0.2) is 18.0 Å². The fourth-order valence-corrected chi connectivity index (χ4v) is 3.30. The number of benzene rings is 2. The van der Waals surface area contributed by atoms with Crippen molar-refractivity contribution in [2.75, 3.05) is 6.61 Å². The maximum atomic E-state index is 13.6. The lowest BCUT2D eigenvalue weighted by Crippen LogP contribution is -2.32. The third kappa shape index (κ3) is 4.77. The molecule has 0 radical (unpaired) electrons. The third-order valence-corrected chi connectivity index (χ3v) is 4.76. The minimum Gasteiger partial charge on any atom is -0.452 e. The number of amides is 1. The van der Waals surface area contributed by atoms with Crippen LogP contribution >= 0.6 is 11.3 Å². The van der Waals surface area contributed by atoms with Gasteiger partial charge in [0.1, 0.15) is 17.5 Å². The summed E-state index contributed by atoms with van der Waals surface area (Å²) in [6.45, 7) is -0.654. The molecule has 0 unspecified atom stereocenters. The molecule has 8 heteroatoms. The largest absolute Gasteiger partial charge is 0.452 e. The van der Waals surface area contributed by atoms with Crippen LogP contribution in [0.4, 0.5) is 13.2 Å². The summed E-state index contributed by atoms with van der Waals surface area (Å²) >= 11 is 1.40. The molecular weight excluding hydrogens is 391 g/mol. The van der Waals surface area contributed by atoms with E-state index in [1.54, 1.807) is 24.3 Å². The van der Waals surface area contributed by atoms with Crippen molar-refractivity contribution < 1.29 is 27.5 Å².